The first-order chi connectivity index (χ1) is 7.25. The summed E-state index contributed by atoms with van der Waals surface area (Å²) in [6.07, 6.45) is 0. The van der Waals surface area contributed by atoms with Crippen LogP contribution >= 0.6 is 22.9 Å². The molecule has 0 aliphatic rings. The maximum Gasteiger partial charge on any atom is 0.172 e. The Morgan fingerprint density at radius 3 is 3.00 bits per heavy atom. The number of fused-ring (bicyclic) bond motifs is 3. The highest BCUT2D eigenvalue weighted by Crippen LogP contribution is 2.33. The van der Waals surface area contributed by atoms with Crippen LogP contribution in [0.15, 0.2) is 12.1 Å². The fourth-order valence-corrected chi connectivity index (χ4v) is 2.72. The topological polar surface area (TPSA) is 51.6 Å². The van der Waals surface area contributed by atoms with Crippen molar-refractivity contribution in [1.82, 2.24) is 20.4 Å². The molecule has 0 aliphatic carbocycles. The molecule has 15 heavy (non-hydrogen) atoms. The van der Waals surface area contributed by atoms with Gasteiger partial charge in [0, 0.05) is 11.1 Å². The monoisotopic (exact) mass is 236 g/mol. The van der Waals surface area contributed by atoms with Crippen molar-refractivity contribution >= 4 is 43.4 Å². The van der Waals surface area contributed by atoms with Crippen LogP contribution in [0, 0.1) is 6.92 Å². The number of halogens is 1. The molecule has 74 valence electrons. The molecule has 0 atom stereocenters. The Balaban J connectivity index is 2.57. The van der Waals surface area contributed by atoms with E-state index in [1.807, 2.05) is 19.1 Å². The van der Waals surface area contributed by atoms with E-state index in [1.165, 1.54) is 11.3 Å². The molecular weight excluding hydrogens is 232 g/mol. The summed E-state index contributed by atoms with van der Waals surface area (Å²) in [4.78, 5) is 5.34. The molecular formula is C9H5ClN4S. The standard InChI is InChI=1S/C9H5ClN4S/c1-4-2-3-5-6-7(15-9(5)11-4)8(10)13-14-12-6/h2-3H,1H3. The lowest BCUT2D eigenvalue weighted by Gasteiger charge is -1.90. The number of aryl methyl sites for hydroxylation is 1. The smallest absolute Gasteiger partial charge is 0.172 e. The molecule has 0 bridgehead atoms. The minimum absolute atomic E-state index is 0.389. The number of thiophene rings is 1. The second-order valence-corrected chi connectivity index (χ2v) is 4.52. The second-order valence-electron chi connectivity index (χ2n) is 3.17. The van der Waals surface area contributed by atoms with Crippen molar-refractivity contribution in [2.24, 2.45) is 0 Å². The summed E-state index contributed by atoms with van der Waals surface area (Å²) in [6.45, 7) is 1.95. The van der Waals surface area contributed by atoms with Crippen LogP contribution < -0.4 is 0 Å². The minimum Gasteiger partial charge on any atom is -0.242 e. The molecule has 0 fully saturated rings. The highest BCUT2D eigenvalue weighted by Gasteiger charge is 2.11. The van der Waals surface area contributed by atoms with Gasteiger partial charge in [-0.1, -0.05) is 11.6 Å². The maximum absolute atomic E-state index is 5.94. The Hall–Kier alpha value is -1.33. The molecule has 3 aromatic rings. The lowest BCUT2D eigenvalue weighted by atomic mass is 10.3. The lowest BCUT2D eigenvalue weighted by molar-refractivity contribution is 0.900. The van der Waals surface area contributed by atoms with Gasteiger partial charge in [0.25, 0.3) is 0 Å². The Kier molecular flexibility index (Phi) is 1.83. The molecule has 0 spiro atoms. The van der Waals surface area contributed by atoms with Gasteiger partial charge >= 0.3 is 0 Å². The van der Waals surface area contributed by atoms with E-state index in [0.29, 0.717) is 5.15 Å². The molecule has 0 saturated heterocycles. The Labute approximate surface area is 93.9 Å². The van der Waals surface area contributed by atoms with E-state index in [2.05, 4.69) is 20.4 Å². The van der Waals surface area contributed by atoms with Crippen LogP contribution in [0.4, 0.5) is 0 Å². The zero-order valence-corrected chi connectivity index (χ0v) is 9.30. The molecule has 0 N–H and O–H groups in total. The van der Waals surface area contributed by atoms with Crippen LogP contribution in [0.2, 0.25) is 5.15 Å². The van der Waals surface area contributed by atoms with Crippen molar-refractivity contribution in [3.8, 4) is 0 Å². The number of rotatable bonds is 0. The molecule has 0 aliphatic heterocycles. The zero-order valence-electron chi connectivity index (χ0n) is 7.73. The largest absolute Gasteiger partial charge is 0.242 e. The van der Waals surface area contributed by atoms with Crippen molar-refractivity contribution in [2.45, 2.75) is 6.92 Å². The Bertz CT molecular complexity index is 664. The molecule has 0 saturated carbocycles. The zero-order chi connectivity index (χ0) is 10.4. The van der Waals surface area contributed by atoms with Gasteiger partial charge in [-0.3, -0.25) is 0 Å². The van der Waals surface area contributed by atoms with Gasteiger partial charge in [0.15, 0.2) is 5.15 Å². The van der Waals surface area contributed by atoms with E-state index < -0.39 is 0 Å². The predicted octanol–water partition coefficient (Wildman–Crippen LogP) is 2.60. The molecule has 3 heterocycles. The lowest BCUT2D eigenvalue weighted by Crippen LogP contribution is -1.86. The number of pyridine rings is 1. The van der Waals surface area contributed by atoms with Gasteiger partial charge in [-0.25, -0.2) is 4.98 Å². The van der Waals surface area contributed by atoms with Gasteiger partial charge < -0.3 is 0 Å². The summed E-state index contributed by atoms with van der Waals surface area (Å²) in [5, 5.41) is 12.7. The second kappa shape index (κ2) is 3.08. The first-order valence-electron chi connectivity index (χ1n) is 4.30. The SMILES string of the molecule is Cc1ccc2c(n1)sc1c(Cl)nnnc12. The van der Waals surface area contributed by atoms with Crippen molar-refractivity contribution in [3.63, 3.8) is 0 Å². The van der Waals surface area contributed by atoms with Gasteiger partial charge in [-0.15, -0.1) is 21.5 Å². The van der Waals surface area contributed by atoms with E-state index in [0.717, 1.165) is 26.1 Å². The average Bonchev–Trinajstić information content (AvgIpc) is 2.57. The van der Waals surface area contributed by atoms with Crippen LogP contribution in [-0.2, 0) is 0 Å². The van der Waals surface area contributed by atoms with Crippen LogP contribution in [0.3, 0.4) is 0 Å². The van der Waals surface area contributed by atoms with Crippen molar-refractivity contribution in [2.75, 3.05) is 0 Å². The van der Waals surface area contributed by atoms with Crippen molar-refractivity contribution < 1.29 is 0 Å². The van der Waals surface area contributed by atoms with Crippen LogP contribution in [0.1, 0.15) is 5.69 Å². The van der Waals surface area contributed by atoms with Crippen LogP contribution in [-0.4, -0.2) is 20.4 Å². The first-order valence-corrected chi connectivity index (χ1v) is 5.50. The Morgan fingerprint density at radius 1 is 1.27 bits per heavy atom. The Morgan fingerprint density at radius 2 is 2.13 bits per heavy atom. The molecule has 3 rings (SSSR count). The summed E-state index contributed by atoms with van der Waals surface area (Å²) in [5.74, 6) is 0. The third-order valence-electron chi connectivity index (χ3n) is 2.13. The highest BCUT2D eigenvalue weighted by molar-refractivity contribution is 7.25. The van der Waals surface area contributed by atoms with Crippen LogP contribution in [0.5, 0.6) is 0 Å². The molecule has 0 unspecified atom stereocenters. The number of hydrogen-bond donors (Lipinski definition) is 0. The molecule has 3 aromatic heterocycles. The molecule has 0 aromatic carbocycles. The number of aromatic nitrogens is 4. The van der Waals surface area contributed by atoms with E-state index in [-0.39, 0.29) is 0 Å². The van der Waals surface area contributed by atoms with Gasteiger partial charge in [0.1, 0.15) is 10.3 Å². The minimum atomic E-state index is 0.389. The van der Waals surface area contributed by atoms with Gasteiger partial charge in [0.2, 0.25) is 0 Å². The van der Waals surface area contributed by atoms with Crippen molar-refractivity contribution in [1.29, 1.82) is 0 Å². The normalized spacial score (nSPS) is 11.3. The van der Waals surface area contributed by atoms with Gasteiger partial charge in [-0.05, 0) is 24.3 Å². The molecule has 0 amide bonds. The van der Waals surface area contributed by atoms with Gasteiger partial charge in [0.05, 0.1) is 4.70 Å². The quantitative estimate of drug-likeness (QED) is 0.602. The predicted molar refractivity (Wildman–Crippen MR) is 60.3 cm³/mol. The summed E-state index contributed by atoms with van der Waals surface area (Å²) in [5.41, 5.74) is 1.76. The summed E-state index contributed by atoms with van der Waals surface area (Å²) >= 11 is 7.43. The van der Waals surface area contributed by atoms with Gasteiger partial charge in [-0.2, -0.15) is 0 Å². The maximum atomic E-state index is 5.94. The third-order valence-corrected chi connectivity index (χ3v) is 3.61. The third kappa shape index (κ3) is 1.27. The van der Waals surface area contributed by atoms with Crippen LogP contribution in [0.25, 0.3) is 20.4 Å². The number of nitrogens with zero attached hydrogens (tertiary/aromatic N) is 4. The average molecular weight is 237 g/mol. The van der Waals surface area contributed by atoms with Crippen molar-refractivity contribution in [3.05, 3.63) is 23.0 Å². The molecule has 4 nitrogen and oxygen atoms in total. The highest BCUT2D eigenvalue weighted by atomic mass is 35.5. The molecule has 6 heteroatoms. The van der Waals surface area contributed by atoms with E-state index in [4.69, 9.17) is 11.6 Å². The fourth-order valence-electron chi connectivity index (χ4n) is 1.45. The number of hydrogen-bond acceptors (Lipinski definition) is 5. The first kappa shape index (κ1) is 8.94. The van der Waals surface area contributed by atoms with E-state index in [9.17, 15) is 0 Å². The summed E-state index contributed by atoms with van der Waals surface area (Å²) in [7, 11) is 0. The van der Waals surface area contributed by atoms with E-state index in [1.54, 1.807) is 0 Å². The summed E-state index contributed by atoms with van der Waals surface area (Å²) in [6, 6.07) is 3.94. The fraction of sp³-hybridized carbons (Fsp3) is 0.111. The van der Waals surface area contributed by atoms with E-state index >= 15 is 0 Å². The summed E-state index contributed by atoms with van der Waals surface area (Å²) < 4.78 is 0.847. The molecule has 0 radical (unpaired) electrons.